The molecule has 24 heavy (non-hydrogen) atoms. The number of hydrogen-bond donors (Lipinski definition) is 1. The molecule has 0 unspecified atom stereocenters. The van der Waals surface area contributed by atoms with Gasteiger partial charge in [-0.05, 0) is 37.6 Å². The first-order valence-electron chi connectivity index (χ1n) is 7.87. The average Bonchev–Trinajstić information content (AvgIpc) is 2.99. The summed E-state index contributed by atoms with van der Waals surface area (Å²) < 4.78 is 1.14. The first-order chi connectivity index (χ1) is 11.6. The lowest BCUT2D eigenvalue weighted by molar-refractivity contribution is -0.117. The molecule has 1 heterocycles. The van der Waals surface area contributed by atoms with Crippen molar-refractivity contribution in [3.63, 3.8) is 0 Å². The normalized spacial score (nSPS) is 10.7. The van der Waals surface area contributed by atoms with E-state index in [9.17, 15) is 9.59 Å². The Bertz CT molecular complexity index is 853. The predicted molar refractivity (Wildman–Crippen MR) is 98.2 cm³/mol. The molecule has 0 atom stereocenters. The van der Waals surface area contributed by atoms with Crippen LogP contribution in [-0.4, -0.2) is 16.7 Å². The second-order valence-corrected chi connectivity index (χ2v) is 6.70. The van der Waals surface area contributed by atoms with Crippen LogP contribution in [0.25, 0.3) is 20.8 Å². The minimum absolute atomic E-state index is 0.0716. The Morgan fingerprint density at radius 1 is 1.08 bits per heavy atom. The lowest BCUT2D eigenvalue weighted by Crippen LogP contribution is -2.11. The number of aromatic nitrogens is 1. The van der Waals surface area contributed by atoms with Gasteiger partial charge in [0.25, 0.3) is 0 Å². The van der Waals surface area contributed by atoms with E-state index in [1.54, 1.807) is 18.3 Å². The standard InChI is InChI=1S/C19H18N2O2S/c1-13(22)6-4-11-18(23)20-15-8-5-7-14(12-15)19-21-16-9-2-3-10-17(16)24-19/h2-3,5,7-10,12H,4,6,11H2,1H3,(H,20,23). The molecular formula is C19H18N2O2S. The van der Waals surface area contributed by atoms with Gasteiger partial charge in [-0.1, -0.05) is 24.3 Å². The van der Waals surface area contributed by atoms with Gasteiger partial charge in [-0.2, -0.15) is 0 Å². The highest BCUT2D eigenvalue weighted by molar-refractivity contribution is 7.21. The average molecular weight is 338 g/mol. The van der Waals surface area contributed by atoms with Crippen molar-refractivity contribution in [3.05, 3.63) is 48.5 Å². The summed E-state index contributed by atoms with van der Waals surface area (Å²) in [6, 6.07) is 15.7. The molecule has 0 aliphatic carbocycles. The van der Waals surface area contributed by atoms with Crippen molar-refractivity contribution in [2.24, 2.45) is 0 Å². The first kappa shape index (κ1) is 16.3. The number of carbonyl (C=O) groups excluding carboxylic acids is 2. The monoisotopic (exact) mass is 338 g/mol. The lowest BCUT2D eigenvalue weighted by Gasteiger charge is -2.06. The van der Waals surface area contributed by atoms with Gasteiger partial charge < -0.3 is 10.1 Å². The molecule has 0 aliphatic heterocycles. The predicted octanol–water partition coefficient (Wildman–Crippen LogP) is 4.66. The Hall–Kier alpha value is -2.53. The summed E-state index contributed by atoms with van der Waals surface area (Å²) in [6.45, 7) is 1.54. The molecule has 0 radical (unpaired) electrons. The number of Topliss-reactive ketones (excluding diaryl/α,β-unsaturated/α-hetero) is 1. The number of nitrogens with one attached hydrogen (secondary N) is 1. The van der Waals surface area contributed by atoms with E-state index >= 15 is 0 Å². The maximum Gasteiger partial charge on any atom is 0.224 e. The third kappa shape index (κ3) is 4.06. The van der Waals surface area contributed by atoms with Crippen LogP contribution >= 0.6 is 11.3 Å². The van der Waals surface area contributed by atoms with Crippen LogP contribution < -0.4 is 5.32 Å². The van der Waals surface area contributed by atoms with E-state index in [1.807, 2.05) is 42.5 Å². The van der Waals surface area contributed by atoms with E-state index < -0.39 is 0 Å². The van der Waals surface area contributed by atoms with Gasteiger partial charge in [0.15, 0.2) is 0 Å². The van der Waals surface area contributed by atoms with Crippen LogP contribution in [0.5, 0.6) is 0 Å². The van der Waals surface area contributed by atoms with Crippen molar-refractivity contribution in [2.75, 3.05) is 5.32 Å². The zero-order valence-electron chi connectivity index (χ0n) is 13.4. The van der Waals surface area contributed by atoms with Crippen molar-refractivity contribution in [3.8, 4) is 10.6 Å². The van der Waals surface area contributed by atoms with Gasteiger partial charge in [-0.25, -0.2) is 4.98 Å². The van der Waals surface area contributed by atoms with Crippen molar-refractivity contribution < 1.29 is 9.59 Å². The summed E-state index contributed by atoms with van der Waals surface area (Å²) in [5.41, 5.74) is 2.72. The molecule has 4 nitrogen and oxygen atoms in total. The zero-order valence-corrected chi connectivity index (χ0v) is 14.2. The summed E-state index contributed by atoms with van der Waals surface area (Å²) in [7, 11) is 0. The van der Waals surface area contributed by atoms with Crippen molar-refractivity contribution in [1.29, 1.82) is 0 Å². The Kier molecular flexibility index (Phi) is 5.01. The Morgan fingerprint density at radius 2 is 1.92 bits per heavy atom. The number of ketones is 1. The molecule has 5 heteroatoms. The maximum atomic E-state index is 11.9. The molecule has 0 bridgehead atoms. The number of thiazole rings is 1. The fourth-order valence-electron chi connectivity index (χ4n) is 2.45. The minimum Gasteiger partial charge on any atom is -0.326 e. The number of hydrogen-bond acceptors (Lipinski definition) is 4. The molecule has 3 aromatic rings. The summed E-state index contributed by atoms with van der Waals surface area (Å²) in [6.07, 6.45) is 1.38. The summed E-state index contributed by atoms with van der Waals surface area (Å²) in [5, 5.41) is 3.82. The van der Waals surface area contributed by atoms with Crippen LogP contribution in [0.15, 0.2) is 48.5 Å². The number of anilines is 1. The number of carbonyl (C=O) groups is 2. The van der Waals surface area contributed by atoms with E-state index in [0.29, 0.717) is 19.3 Å². The molecular weight excluding hydrogens is 320 g/mol. The molecule has 0 fully saturated rings. The second kappa shape index (κ2) is 7.36. The van der Waals surface area contributed by atoms with Crippen molar-refractivity contribution in [1.82, 2.24) is 4.98 Å². The molecule has 1 aromatic heterocycles. The molecule has 122 valence electrons. The summed E-state index contributed by atoms with van der Waals surface area (Å²) in [4.78, 5) is 27.5. The number of fused-ring (bicyclic) bond motifs is 1. The maximum absolute atomic E-state index is 11.9. The third-order valence-corrected chi connectivity index (χ3v) is 4.71. The summed E-state index contributed by atoms with van der Waals surface area (Å²) >= 11 is 1.63. The van der Waals surface area contributed by atoms with Crippen LogP contribution in [0.2, 0.25) is 0 Å². The number of benzene rings is 2. The smallest absolute Gasteiger partial charge is 0.224 e. The fourth-order valence-corrected chi connectivity index (χ4v) is 3.41. The third-order valence-electron chi connectivity index (χ3n) is 3.62. The molecule has 0 saturated heterocycles. The van der Waals surface area contributed by atoms with Crippen molar-refractivity contribution in [2.45, 2.75) is 26.2 Å². The van der Waals surface area contributed by atoms with E-state index in [4.69, 9.17) is 0 Å². The molecule has 0 spiro atoms. The topological polar surface area (TPSA) is 59.1 Å². The van der Waals surface area contributed by atoms with Crippen LogP contribution in [0, 0.1) is 0 Å². The molecule has 0 aliphatic rings. The first-order valence-corrected chi connectivity index (χ1v) is 8.69. The Balaban J connectivity index is 1.72. The highest BCUT2D eigenvalue weighted by Gasteiger charge is 2.08. The molecule has 1 amide bonds. The second-order valence-electron chi connectivity index (χ2n) is 5.67. The van der Waals surface area contributed by atoms with E-state index in [1.165, 1.54) is 0 Å². The van der Waals surface area contributed by atoms with Gasteiger partial charge in [0.1, 0.15) is 10.8 Å². The van der Waals surface area contributed by atoms with Crippen LogP contribution in [-0.2, 0) is 9.59 Å². The Labute approximate surface area is 144 Å². The van der Waals surface area contributed by atoms with Gasteiger partial charge in [-0.15, -0.1) is 11.3 Å². The van der Waals surface area contributed by atoms with Gasteiger partial charge in [0.2, 0.25) is 5.91 Å². The number of rotatable bonds is 6. The molecule has 1 N–H and O–H groups in total. The van der Waals surface area contributed by atoms with E-state index in [0.717, 1.165) is 26.5 Å². The van der Waals surface area contributed by atoms with E-state index in [-0.39, 0.29) is 11.7 Å². The number of para-hydroxylation sites is 1. The van der Waals surface area contributed by atoms with Crippen LogP contribution in [0.3, 0.4) is 0 Å². The van der Waals surface area contributed by atoms with Crippen LogP contribution in [0.1, 0.15) is 26.2 Å². The number of nitrogens with zero attached hydrogens (tertiary/aromatic N) is 1. The highest BCUT2D eigenvalue weighted by Crippen LogP contribution is 2.31. The number of amides is 1. The van der Waals surface area contributed by atoms with Gasteiger partial charge >= 0.3 is 0 Å². The van der Waals surface area contributed by atoms with Crippen LogP contribution in [0.4, 0.5) is 5.69 Å². The van der Waals surface area contributed by atoms with Crippen molar-refractivity contribution >= 4 is 38.9 Å². The molecule has 3 rings (SSSR count). The van der Waals surface area contributed by atoms with E-state index in [2.05, 4.69) is 16.4 Å². The molecule has 2 aromatic carbocycles. The fraction of sp³-hybridized carbons (Fsp3) is 0.211. The largest absolute Gasteiger partial charge is 0.326 e. The zero-order chi connectivity index (χ0) is 16.9. The highest BCUT2D eigenvalue weighted by atomic mass is 32.1. The lowest BCUT2D eigenvalue weighted by atomic mass is 10.1. The van der Waals surface area contributed by atoms with Gasteiger partial charge in [0.05, 0.1) is 10.2 Å². The Morgan fingerprint density at radius 3 is 2.71 bits per heavy atom. The molecule has 0 saturated carbocycles. The summed E-state index contributed by atoms with van der Waals surface area (Å²) in [5.74, 6) is 0.0401. The quantitative estimate of drug-likeness (QED) is 0.711. The minimum atomic E-state index is -0.0716. The van der Waals surface area contributed by atoms with Gasteiger partial charge in [-0.3, -0.25) is 4.79 Å². The SMILES string of the molecule is CC(=O)CCCC(=O)Nc1cccc(-c2nc3ccccc3s2)c1. The van der Waals surface area contributed by atoms with Gasteiger partial charge in [0, 0.05) is 24.1 Å².